The van der Waals surface area contributed by atoms with Gasteiger partial charge < -0.3 is 9.57 Å². The minimum absolute atomic E-state index is 0.0466. The van der Waals surface area contributed by atoms with Crippen molar-refractivity contribution in [2.24, 2.45) is 5.90 Å². The molecular formula is C10H14N2O4. The fourth-order valence-corrected chi connectivity index (χ4v) is 1.45. The Kier molecular flexibility index (Phi) is 4.21. The van der Waals surface area contributed by atoms with Crippen molar-refractivity contribution in [3.63, 3.8) is 0 Å². The number of nitro benzene ring substituents is 1. The van der Waals surface area contributed by atoms with E-state index in [-0.39, 0.29) is 18.2 Å². The predicted molar refractivity (Wildman–Crippen MR) is 58.2 cm³/mol. The van der Waals surface area contributed by atoms with E-state index in [1.54, 1.807) is 19.1 Å². The van der Waals surface area contributed by atoms with Gasteiger partial charge in [0.05, 0.1) is 18.6 Å². The molecule has 88 valence electrons. The molecule has 0 fully saturated rings. The maximum absolute atomic E-state index is 10.8. The first kappa shape index (κ1) is 12.4. The molecule has 1 atom stereocenters. The standard InChI is InChI=1S/C10H14N2O4/c1-7(6-16-11)9-5-8(15-2)3-4-10(9)12(13)14/h3-5,7H,6,11H2,1-2H3. The molecule has 1 rings (SSSR count). The third kappa shape index (κ3) is 2.68. The van der Waals surface area contributed by atoms with E-state index in [0.29, 0.717) is 11.3 Å². The third-order valence-electron chi connectivity index (χ3n) is 2.31. The molecule has 0 amide bonds. The number of rotatable bonds is 5. The molecule has 16 heavy (non-hydrogen) atoms. The van der Waals surface area contributed by atoms with Crippen molar-refractivity contribution in [2.75, 3.05) is 13.7 Å². The Morgan fingerprint density at radius 1 is 1.56 bits per heavy atom. The van der Waals surface area contributed by atoms with Gasteiger partial charge in [-0.2, -0.15) is 0 Å². The number of nitro groups is 1. The summed E-state index contributed by atoms with van der Waals surface area (Å²) in [5, 5.41) is 10.8. The maximum atomic E-state index is 10.8. The zero-order valence-electron chi connectivity index (χ0n) is 9.17. The summed E-state index contributed by atoms with van der Waals surface area (Å²) in [6.45, 7) is 2.02. The second-order valence-electron chi connectivity index (χ2n) is 3.42. The molecule has 0 radical (unpaired) electrons. The lowest BCUT2D eigenvalue weighted by Crippen LogP contribution is -2.10. The van der Waals surface area contributed by atoms with Gasteiger partial charge in [-0.1, -0.05) is 6.92 Å². The first-order valence-electron chi connectivity index (χ1n) is 4.74. The van der Waals surface area contributed by atoms with Crippen LogP contribution >= 0.6 is 0 Å². The first-order valence-corrected chi connectivity index (χ1v) is 4.74. The molecule has 0 saturated heterocycles. The van der Waals surface area contributed by atoms with Crippen LogP contribution in [0, 0.1) is 10.1 Å². The van der Waals surface area contributed by atoms with Crippen LogP contribution < -0.4 is 10.6 Å². The molecular weight excluding hydrogens is 212 g/mol. The van der Waals surface area contributed by atoms with E-state index in [0.717, 1.165) is 0 Å². The number of hydrogen-bond donors (Lipinski definition) is 1. The third-order valence-corrected chi connectivity index (χ3v) is 2.31. The van der Waals surface area contributed by atoms with Gasteiger partial charge in [0.25, 0.3) is 5.69 Å². The van der Waals surface area contributed by atoms with Crippen molar-refractivity contribution >= 4 is 5.69 Å². The zero-order chi connectivity index (χ0) is 12.1. The number of methoxy groups -OCH3 is 1. The van der Waals surface area contributed by atoms with Gasteiger partial charge in [0.1, 0.15) is 5.75 Å². The summed E-state index contributed by atoms with van der Waals surface area (Å²) in [6.07, 6.45) is 0. The Bertz CT molecular complexity index is 381. The Labute approximate surface area is 93.1 Å². The van der Waals surface area contributed by atoms with Gasteiger partial charge in [0.2, 0.25) is 0 Å². The summed E-state index contributed by atoms with van der Waals surface area (Å²) in [6, 6.07) is 4.60. The van der Waals surface area contributed by atoms with Crippen molar-refractivity contribution in [2.45, 2.75) is 12.8 Å². The van der Waals surface area contributed by atoms with E-state index < -0.39 is 4.92 Å². The van der Waals surface area contributed by atoms with E-state index in [4.69, 9.17) is 10.6 Å². The highest BCUT2D eigenvalue weighted by Gasteiger charge is 2.19. The minimum atomic E-state index is -0.429. The van der Waals surface area contributed by atoms with Crippen LogP contribution in [-0.2, 0) is 4.84 Å². The SMILES string of the molecule is COc1ccc([N+](=O)[O-])c(C(C)CON)c1. The number of nitrogens with two attached hydrogens (primary N) is 1. The van der Waals surface area contributed by atoms with Crippen LogP contribution in [0.4, 0.5) is 5.69 Å². The summed E-state index contributed by atoms with van der Waals surface area (Å²) in [5.41, 5.74) is 0.597. The van der Waals surface area contributed by atoms with Gasteiger partial charge in [-0.05, 0) is 12.1 Å². The Hall–Kier alpha value is -1.66. The van der Waals surface area contributed by atoms with Gasteiger partial charge in [0, 0.05) is 17.5 Å². The van der Waals surface area contributed by atoms with E-state index in [9.17, 15) is 10.1 Å². The smallest absolute Gasteiger partial charge is 0.273 e. The van der Waals surface area contributed by atoms with Gasteiger partial charge in [-0.25, -0.2) is 5.90 Å². The van der Waals surface area contributed by atoms with Crippen molar-refractivity contribution < 1.29 is 14.5 Å². The molecule has 1 aromatic carbocycles. The molecule has 0 saturated carbocycles. The lowest BCUT2D eigenvalue weighted by atomic mass is 10.00. The molecule has 0 aromatic heterocycles. The van der Waals surface area contributed by atoms with Crippen LogP contribution in [0.1, 0.15) is 18.4 Å². The molecule has 1 unspecified atom stereocenters. The highest BCUT2D eigenvalue weighted by atomic mass is 16.6. The van der Waals surface area contributed by atoms with Crippen LogP contribution in [0.3, 0.4) is 0 Å². The minimum Gasteiger partial charge on any atom is -0.497 e. The fourth-order valence-electron chi connectivity index (χ4n) is 1.45. The molecule has 0 spiro atoms. The van der Waals surface area contributed by atoms with Gasteiger partial charge in [0.15, 0.2) is 0 Å². The normalized spacial score (nSPS) is 12.2. The largest absolute Gasteiger partial charge is 0.497 e. The van der Waals surface area contributed by atoms with Crippen molar-refractivity contribution in [1.29, 1.82) is 0 Å². The van der Waals surface area contributed by atoms with Crippen LogP contribution in [0.5, 0.6) is 5.75 Å². The molecule has 6 nitrogen and oxygen atoms in total. The number of ether oxygens (including phenoxy) is 1. The highest BCUT2D eigenvalue weighted by Crippen LogP contribution is 2.30. The van der Waals surface area contributed by atoms with Crippen molar-refractivity contribution in [3.05, 3.63) is 33.9 Å². The number of hydrogen-bond acceptors (Lipinski definition) is 5. The molecule has 6 heteroatoms. The van der Waals surface area contributed by atoms with Crippen LogP contribution in [0.2, 0.25) is 0 Å². The molecule has 0 aliphatic rings. The quantitative estimate of drug-likeness (QED) is 0.608. The highest BCUT2D eigenvalue weighted by molar-refractivity contribution is 5.47. The predicted octanol–water partition coefficient (Wildman–Crippen LogP) is 1.60. The average molecular weight is 226 g/mol. The topological polar surface area (TPSA) is 87.6 Å². The molecule has 0 aliphatic heterocycles. The molecule has 2 N–H and O–H groups in total. The van der Waals surface area contributed by atoms with Gasteiger partial charge in [-0.3, -0.25) is 10.1 Å². The van der Waals surface area contributed by atoms with Crippen molar-refractivity contribution in [3.8, 4) is 5.75 Å². The zero-order valence-corrected chi connectivity index (χ0v) is 9.17. The summed E-state index contributed by atoms with van der Waals surface area (Å²) in [5.74, 6) is 5.37. The fraction of sp³-hybridized carbons (Fsp3) is 0.400. The molecule has 0 aliphatic carbocycles. The van der Waals surface area contributed by atoms with E-state index >= 15 is 0 Å². The van der Waals surface area contributed by atoms with Gasteiger partial charge >= 0.3 is 0 Å². The molecule has 0 bridgehead atoms. The molecule has 1 aromatic rings. The van der Waals surface area contributed by atoms with E-state index in [1.807, 2.05) is 0 Å². The number of nitrogens with zero attached hydrogens (tertiary/aromatic N) is 1. The lowest BCUT2D eigenvalue weighted by molar-refractivity contribution is -0.385. The summed E-state index contributed by atoms with van der Waals surface area (Å²) in [7, 11) is 1.51. The second-order valence-corrected chi connectivity index (χ2v) is 3.42. The Morgan fingerprint density at radius 2 is 2.25 bits per heavy atom. The summed E-state index contributed by atoms with van der Waals surface area (Å²) in [4.78, 5) is 14.9. The van der Waals surface area contributed by atoms with Crippen LogP contribution in [0.15, 0.2) is 18.2 Å². The molecule has 0 heterocycles. The van der Waals surface area contributed by atoms with E-state index in [1.165, 1.54) is 13.2 Å². The van der Waals surface area contributed by atoms with Crippen molar-refractivity contribution in [1.82, 2.24) is 0 Å². The Balaban J connectivity index is 3.14. The summed E-state index contributed by atoms with van der Waals surface area (Å²) >= 11 is 0. The first-order chi connectivity index (χ1) is 7.60. The van der Waals surface area contributed by atoms with Crippen LogP contribution in [-0.4, -0.2) is 18.6 Å². The summed E-state index contributed by atoms with van der Waals surface area (Å²) < 4.78 is 5.02. The van der Waals surface area contributed by atoms with Crippen LogP contribution in [0.25, 0.3) is 0 Å². The van der Waals surface area contributed by atoms with Gasteiger partial charge in [-0.15, -0.1) is 0 Å². The lowest BCUT2D eigenvalue weighted by Gasteiger charge is -2.11. The maximum Gasteiger partial charge on any atom is 0.273 e. The monoisotopic (exact) mass is 226 g/mol. The Morgan fingerprint density at radius 3 is 2.75 bits per heavy atom. The average Bonchev–Trinajstić information content (AvgIpc) is 2.28. The number of benzene rings is 1. The van der Waals surface area contributed by atoms with E-state index in [2.05, 4.69) is 4.84 Å². The second kappa shape index (κ2) is 5.43.